The van der Waals surface area contributed by atoms with Gasteiger partial charge in [0.15, 0.2) is 0 Å². The van der Waals surface area contributed by atoms with Gasteiger partial charge in [-0.05, 0) is 26.8 Å². The molecule has 0 aromatic heterocycles. The van der Waals surface area contributed by atoms with Gasteiger partial charge in [0.05, 0.1) is 6.61 Å². The number of hydrogen-bond donors (Lipinski definition) is 1. The Hall–Kier alpha value is -0.0800. The van der Waals surface area contributed by atoms with Gasteiger partial charge in [-0.1, -0.05) is 12.8 Å². The number of nitrogens with zero attached hydrogens (tertiary/aromatic N) is 1. The van der Waals surface area contributed by atoms with E-state index in [9.17, 15) is 0 Å². The normalized spacial score (nSPS) is 22.9. The Morgan fingerprint density at radius 1 is 1.45 bits per heavy atom. The predicted molar refractivity (Wildman–Crippen MR) is 46.6 cm³/mol. The fourth-order valence-electron chi connectivity index (χ4n) is 1.80. The van der Waals surface area contributed by atoms with Crippen LogP contribution in [-0.2, 0) is 0 Å². The van der Waals surface area contributed by atoms with Crippen molar-refractivity contribution in [1.82, 2.24) is 4.90 Å². The predicted octanol–water partition coefficient (Wildman–Crippen LogP) is 1.24. The second kappa shape index (κ2) is 4.07. The van der Waals surface area contributed by atoms with Crippen molar-refractivity contribution in [2.75, 3.05) is 13.7 Å². The summed E-state index contributed by atoms with van der Waals surface area (Å²) in [6.45, 7) is 2.37. The number of aliphatic hydroxyl groups excluding tert-OH is 1. The lowest BCUT2D eigenvalue weighted by molar-refractivity contribution is 0.122. The van der Waals surface area contributed by atoms with E-state index in [0.717, 1.165) is 6.04 Å². The minimum atomic E-state index is 0.285. The van der Waals surface area contributed by atoms with Gasteiger partial charge in [-0.25, -0.2) is 0 Å². The van der Waals surface area contributed by atoms with Crippen molar-refractivity contribution in [1.29, 1.82) is 0 Å². The molecule has 1 aliphatic rings. The lowest BCUT2D eigenvalue weighted by atomic mass is 10.2. The minimum absolute atomic E-state index is 0.285. The molecule has 0 bridgehead atoms. The highest BCUT2D eigenvalue weighted by atomic mass is 16.3. The molecule has 0 saturated heterocycles. The quantitative estimate of drug-likeness (QED) is 0.666. The van der Waals surface area contributed by atoms with Crippen LogP contribution in [0.3, 0.4) is 0 Å². The van der Waals surface area contributed by atoms with Gasteiger partial charge in [0.2, 0.25) is 0 Å². The second-order valence-corrected chi connectivity index (χ2v) is 3.64. The van der Waals surface area contributed by atoms with Gasteiger partial charge in [0, 0.05) is 12.1 Å². The van der Waals surface area contributed by atoms with Crippen molar-refractivity contribution in [2.24, 2.45) is 0 Å². The van der Waals surface area contributed by atoms with Crippen LogP contribution < -0.4 is 0 Å². The minimum Gasteiger partial charge on any atom is -0.395 e. The van der Waals surface area contributed by atoms with Crippen LogP contribution in [0.2, 0.25) is 0 Å². The zero-order valence-electron chi connectivity index (χ0n) is 7.58. The Morgan fingerprint density at radius 3 is 2.45 bits per heavy atom. The Morgan fingerprint density at radius 2 is 2.00 bits per heavy atom. The molecule has 1 rings (SSSR count). The summed E-state index contributed by atoms with van der Waals surface area (Å²) in [4.78, 5) is 2.31. The summed E-state index contributed by atoms with van der Waals surface area (Å²) >= 11 is 0. The molecule has 11 heavy (non-hydrogen) atoms. The van der Waals surface area contributed by atoms with Crippen molar-refractivity contribution in [3.05, 3.63) is 0 Å². The molecule has 1 fully saturated rings. The second-order valence-electron chi connectivity index (χ2n) is 3.64. The summed E-state index contributed by atoms with van der Waals surface area (Å²) in [6.07, 6.45) is 5.38. The smallest absolute Gasteiger partial charge is 0.0584 e. The molecular weight excluding hydrogens is 138 g/mol. The molecule has 0 aromatic rings. The van der Waals surface area contributed by atoms with Crippen LogP contribution in [0.15, 0.2) is 0 Å². The lowest BCUT2D eigenvalue weighted by Crippen LogP contribution is -2.38. The third kappa shape index (κ3) is 2.17. The third-order valence-electron chi connectivity index (χ3n) is 2.86. The number of likely N-dealkylation sites (N-methyl/N-ethyl adjacent to an activating group) is 1. The van der Waals surface area contributed by atoms with E-state index in [4.69, 9.17) is 5.11 Å². The molecule has 2 nitrogen and oxygen atoms in total. The standard InChI is InChI=1S/C9H19NO/c1-8(7-11)10(2)9-5-3-4-6-9/h8-9,11H,3-7H2,1-2H3/t8-/m1/s1. The van der Waals surface area contributed by atoms with Crippen molar-refractivity contribution in [2.45, 2.75) is 44.7 Å². The van der Waals surface area contributed by atoms with Gasteiger partial charge in [-0.2, -0.15) is 0 Å². The summed E-state index contributed by atoms with van der Waals surface area (Å²) in [5, 5.41) is 8.92. The molecule has 0 spiro atoms. The van der Waals surface area contributed by atoms with Crippen molar-refractivity contribution in [3.8, 4) is 0 Å². The molecule has 0 heterocycles. The first-order valence-corrected chi connectivity index (χ1v) is 4.58. The van der Waals surface area contributed by atoms with Gasteiger partial charge in [-0.3, -0.25) is 4.90 Å². The third-order valence-corrected chi connectivity index (χ3v) is 2.86. The maximum Gasteiger partial charge on any atom is 0.0584 e. The molecule has 2 heteroatoms. The van der Waals surface area contributed by atoms with E-state index in [1.807, 2.05) is 0 Å². The summed E-state index contributed by atoms with van der Waals surface area (Å²) in [5.41, 5.74) is 0. The summed E-state index contributed by atoms with van der Waals surface area (Å²) in [7, 11) is 2.12. The molecule has 66 valence electrons. The molecule has 0 aliphatic heterocycles. The van der Waals surface area contributed by atoms with Crippen LogP contribution in [-0.4, -0.2) is 35.7 Å². The largest absolute Gasteiger partial charge is 0.395 e. The van der Waals surface area contributed by atoms with Gasteiger partial charge in [0.1, 0.15) is 0 Å². The molecule has 1 atom stereocenters. The first-order chi connectivity index (χ1) is 5.25. The zero-order chi connectivity index (χ0) is 8.27. The van der Waals surface area contributed by atoms with Crippen LogP contribution in [0, 0.1) is 0 Å². The summed E-state index contributed by atoms with van der Waals surface area (Å²) in [5.74, 6) is 0. The Balaban J connectivity index is 2.32. The van der Waals surface area contributed by atoms with E-state index < -0.39 is 0 Å². The highest BCUT2D eigenvalue weighted by molar-refractivity contribution is 4.78. The van der Waals surface area contributed by atoms with E-state index in [1.165, 1.54) is 25.7 Å². The number of hydrogen-bond acceptors (Lipinski definition) is 2. The molecule has 1 saturated carbocycles. The van der Waals surface area contributed by atoms with Crippen molar-refractivity contribution < 1.29 is 5.11 Å². The Labute approximate surface area is 69.2 Å². The van der Waals surface area contributed by atoms with Crippen molar-refractivity contribution in [3.63, 3.8) is 0 Å². The molecule has 0 aromatic carbocycles. The van der Waals surface area contributed by atoms with Gasteiger partial charge >= 0.3 is 0 Å². The van der Waals surface area contributed by atoms with Crippen LogP contribution in [0.5, 0.6) is 0 Å². The Bertz CT molecular complexity index is 110. The Kier molecular flexibility index (Phi) is 3.34. The van der Waals surface area contributed by atoms with Crippen LogP contribution in [0.4, 0.5) is 0 Å². The first kappa shape index (κ1) is 9.01. The van der Waals surface area contributed by atoms with Gasteiger partial charge in [-0.15, -0.1) is 0 Å². The van der Waals surface area contributed by atoms with Crippen molar-refractivity contribution >= 4 is 0 Å². The summed E-state index contributed by atoms with van der Waals surface area (Å²) in [6, 6.07) is 1.07. The van der Waals surface area contributed by atoms with Crippen LogP contribution in [0.25, 0.3) is 0 Å². The maximum atomic E-state index is 8.92. The lowest BCUT2D eigenvalue weighted by Gasteiger charge is -2.29. The highest BCUT2D eigenvalue weighted by Gasteiger charge is 2.22. The maximum absolute atomic E-state index is 8.92. The topological polar surface area (TPSA) is 23.5 Å². The molecule has 0 amide bonds. The van der Waals surface area contributed by atoms with E-state index in [0.29, 0.717) is 6.04 Å². The zero-order valence-corrected chi connectivity index (χ0v) is 7.58. The fourth-order valence-corrected chi connectivity index (χ4v) is 1.80. The number of rotatable bonds is 3. The average molecular weight is 157 g/mol. The van der Waals surface area contributed by atoms with E-state index >= 15 is 0 Å². The van der Waals surface area contributed by atoms with Crippen LogP contribution >= 0.6 is 0 Å². The average Bonchev–Trinajstić information content (AvgIpc) is 2.53. The molecule has 0 unspecified atom stereocenters. The van der Waals surface area contributed by atoms with Gasteiger partial charge < -0.3 is 5.11 Å². The SMILES string of the molecule is C[C@H](CO)N(C)C1CCCC1. The van der Waals surface area contributed by atoms with E-state index in [2.05, 4.69) is 18.9 Å². The summed E-state index contributed by atoms with van der Waals surface area (Å²) < 4.78 is 0. The first-order valence-electron chi connectivity index (χ1n) is 4.58. The molecular formula is C9H19NO. The number of aliphatic hydroxyl groups is 1. The monoisotopic (exact) mass is 157 g/mol. The van der Waals surface area contributed by atoms with E-state index in [-0.39, 0.29) is 6.61 Å². The molecule has 1 N–H and O–H groups in total. The van der Waals surface area contributed by atoms with E-state index in [1.54, 1.807) is 0 Å². The van der Waals surface area contributed by atoms with Crippen LogP contribution in [0.1, 0.15) is 32.6 Å². The molecule has 0 radical (unpaired) electrons. The fraction of sp³-hybridized carbons (Fsp3) is 1.00. The molecule has 1 aliphatic carbocycles. The highest BCUT2D eigenvalue weighted by Crippen LogP contribution is 2.23. The van der Waals surface area contributed by atoms with Gasteiger partial charge in [0.25, 0.3) is 0 Å².